The lowest BCUT2D eigenvalue weighted by Crippen LogP contribution is -2.52. The zero-order valence-corrected chi connectivity index (χ0v) is 19.3. The topological polar surface area (TPSA) is 59.4 Å². The third kappa shape index (κ3) is 5.49. The maximum absolute atomic E-state index is 13.3. The Kier molecular flexibility index (Phi) is 7.21. The van der Waals surface area contributed by atoms with Crippen LogP contribution in [0.5, 0.6) is 0 Å². The number of hydrogen-bond donors (Lipinski definition) is 1. The fourth-order valence-electron chi connectivity index (χ4n) is 4.72. The molecule has 0 radical (unpaired) electrons. The van der Waals surface area contributed by atoms with Gasteiger partial charge in [-0.15, -0.1) is 0 Å². The number of aromatic nitrogens is 1. The van der Waals surface area contributed by atoms with Gasteiger partial charge < -0.3 is 14.3 Å². The van der Waals surface area contributed by atoms with Crippen LogP contribution in [-0.2, 0) is 21.6 Å². The zero-order chi connectivity index (χ0) is 23.2. The van der Waals surface area contributed by atoms with Gasteiger partial charge in [-0.2, -0.15) is 0 Å². The molecule has 0 unspecified atom stereocenters. The van der Waals surface area contributed by atoms with Gasteiger partial charge in [0.1, 0.15) is 6.10 Å². The molecule has 4 rings (SSSR count). The number of aryl methyl sites for hydroxylation is 1. The second-order valence-electron chi connectivity index (χ2n) is 9.30. The molecule has 1 aliphatic heterocycles. The monoisotopic (exact) mass is 445 g/mol. The number of carbonyl (C=O) groups excluding carboxylic acids is 1. The van der Waals surface area contributed by atoms with Crippen LogP contribution >= 0.6 is 0 Å². The highest BCUT2D eigenvalue weighted by atomic mass is 16.6. The van der Waals surface area contributed by atoms with Crippen molar-refractivity contribution in [3.05, 3.63) is 102 Å². The number of esters is 1. The predicted molar refractivity (Wildman–Crippen MR) is 128 cm³/mol. The summed E-state index contributed by atoms with van der Waals surface area (Å²) < 4.78 is 6.91. The zero-order valence-electron chi connectivity index (χ0n) is 19.3. The van der Waals surface area contributed by atoms with Crippen molar-refractivity contribution in [2.75, 3.05) is 26.7 Å². The maximum atomic E-state index is 13.3. The summed E-state index contributed by atoms with van der Waals surface area (Å²) in [5, 5.41) is 11.6. The molecule has 3 aromatic rings. The lowest BCUT2D eigenvalue weighted by atomic mass is 9.86. The molecule has 33 heavy (non-hydrogen) atoms. The van der Waals surface area contributed by atoms with Gasteiger partial charge in [-0.25, -0.2) is 4.79 Å². The van der Waals surface area contributed by atoms with Gasteiger partial charge in [0.25, 0.3) is 0 Å². The summed E-state index contributed by atoms with van der Waals surface area (Å²) >= 11 is 0. The van der Waals surface area contributed by atoms with Gasteiger partial charge in [0.05, 0.1) is 26.7 Å². The summed E-state index contributed by atoms with van der Waals surface area (Å²) in [7, 11) is 2.29. The number of pyridine rings is 1. The number of quaternary nitrogens is 1. The van der Waals surface area contributed by atoms with E-state index in [2.05, 4.69) is 24.2 Å². The van der Waals surface area contributed by atoms with Gasteiger partial charge in [-0.1, -0.05) is 60.7 Å². The summed E-state index contributed by atoms with van der Waals surface area (Å²) in [6, 6.07) is 22.3. The minimum atomic E-state index is -1.82. The second-order valence-corrected chi connectivity index (χ2v) is 9.30. The Bertz CT molecular complexity index is 977. The second kappa shape index (κ2) is 10.3. The van der Waals surface area contributed by atoms with E-state index < -0.39 is 11.6 Å². The first kappa shape index (κ1) is 23.1. The Hall–Kier alpha value is -3.02. The van der Waals surface area contributed by atoms with Crippen molar-refractivity contribution < 1.29 is 19.1 Å². The highest BCUT2D eigenvalue weighted by Gasteiger charge is 2.43. The number of nitrogens with zero attached hydrogens (tertiary/aromatic N) is 2. The molecule has 1 fully saturated rings. The van der Waals surface area contributed by atoms with E-state index in [9.17, 15) is 9.90 Å². The molecule has 1 aliphatic rings. The predicted octanol–water partition coefficient (Wildman–Crippen LogP) is 4.10. The van der Waals surface area contributed by atoms with Crippen LogP contribution < -0.4 is 0 Å². The molecule has 2 heterocycles. The van der Waals surface area contributed by atoms with E-state index in [1.807, 2.05) is 48.8 Å². The van der Waals surface area contributed by atoms with Gasteiger partial charge in [0.15, 0.2) is 0 Å². The van der Waals surface area contributed by atoms with Crippen LogP contribution in [0.2, 0.25) is 0 Å². The van der Waals surface area contributed by atoms with E-state index >= 15 is 0 Å². The molecular formula is C28H33N2O3+. The van der Waals surface area contributed by atoms with Gasteiger partial charge in [-0.3, -0.25) is 4.98 Å². The van der Waals surface area contributed by atoms with Crippen molar-refractivity contribution in [1.29, 1.82) is 0 Å². The minimum Gasteiger partial charge on any atom is -0.459 e. The summed E-state index contributed by atoms with van der Waals surface area (Å²) in [4.78, 5) is 17.4. The number of piperidine rings is 1. The summed E-state index contributed by atoms with van der Waals surface area (Å²) in [5.74, 6) is -0.598. The van der Waals surface area contributed by atoms with Gasteiger partial charge in [0.2, 0.25) is 5.60 Å². The standard InChI is InChI=1S/C28H33N2O3/c1-30(20-8-9-23-14-18-29-19-15-23)21-16-26(17-22-30)33-27(31)28(32,24-10-4-2-5-11-24)25-12-6-3-7-13-25/h2-7,10-15,18-19,26,32H,8-9,16-17,20-22H2,1H3/q+1. The minimum absolute atomic E-state index is 0.178. The summed E-state index contributed by atoms with van der Waals surface area (Å²) in [5.41, 5.74) is 0.548. The number of rotatable bonds is 8. The van der Waals surface area contributed by atoms with Crippen molar-refractivity contribution in [3.8, 4) is 0 Å². The Morgan fingerprint density at radius 3 is 2.06 bits per heavy atom. The van der Waals surface area contributed by atoms with E-state index in [1.165, 1.54) is 5.56 Å². The van der Waals surface area contributed by atoms with E-state index in [4.69, 9.17) is 4.74 Å². The molecule has 5 heteroatoms. The molecule has 172 valence electrons. The van der Waals surface area contributed by atoms with E-state index in [-0.39, 0.29) is 6.10 Å². The average Bonchev–Trinajstić information content (AvgIpc) is 2.87. The summed E-state index contributed by atoms with van der Waals surface area (Å²) in [6.07, 6.45) is 7.29. The van der Waals surface area contributed by atoms with Crippen molar-refractivity contribution in [2.24, 2.45) is 0 Å². The van der Waals surface area contributed by atoms with E-state index in [0.29, 0.717) is 11.1 Å². The molecule has 0 amide bonds. The van der Waals surface area contributed by atoms with Gasteiger partial charge >= 0.3 is 5.97 Å². The number of likely N-dealkylation sites (tertiary alicyclic amines) is 1. The Morgan fingerprint density at radius 2 is 1.52 bits per heavy atom. The smallest absolute Gasteiger partial charge is 0.347 e. The third-order valence-electron chi connectivity index (χ3n) is 6.85. The quantitative estimate of drug-likeness (QED) is 0.419. The largest absolute Gasteiger partial charge is 0.459 e. The van der Waals surface area contributed by atoms with E-state index in [0.717, 1.165) is 49.8 Å². The van der Waals surface area contributed by atoms with Crippen molar-refractivity contribution >= 4 is 5.97 Å². The van der Waals surface area contributed by atoms with Crippen LogP contribution in [0.1, 0.15) is 36.0 Å². The van der Waals surface area contributed by atoms with Crippen LogP contribution in [0.25, 0.3) is 0 Å². The third-order valence-corrected chi connectivity index (χ3v) is 6.85. The molecule has 2 aromatic carbocycles. The van der Waals surface area contributed by atoms with Gasteiger partial charge in [-0.05, 0) is 35.2 Å². The fourth-order valence-corrected chi connectivity index (χ4v) is 4.72. The summed E-state index contributed by atoms with van der Waals surface area (Å²) in [6.45, 7) is 3.02. The molecule has 0 aliphatic carbocycles. The number of hydrogen-bond acceptors (Lipinski definition) is 4. The molecule has 1 saturated heterocycles. The fraction of sp³-hybridized carbons (Fsp3) is 0.357. The average molecular weight is 446 g/mol. The number of carbonyl (C=O) groups is 1. The van der Waals surface area contributed by atoms with Gasteiger partial charge in [0, 0.05) is 31.7 Å². The maximum Gasteiger partial charge on any atom is 0.347 e. The van der Waals surface area contributed by atoms with Crippen molar-refractivity contribution in [1.82, 2.24) is 4.98 Å². The lowest BCUT2D eigenvalue weighted by Gasteiger charge is -2.41. The van der Waals surface area contributed by atoms with Crippen LogP contribution in [0, 0.1) is 0 Å². The Balaban J connectivity index is 1.37. The first-order chi connectivity index (χ1) is 16.0. The van der Waals surface area contributed by atoms with Crippen LogP contribution in [0.4, 0.5) is 0 Å². The molecule has 1 aromatic heterocycles. The lowest BCUT2D eigenvalue weighted by molar-refractivity contribution is -0.915. The number of benzene rings is 2. The molecule has 1 N–H and O–H groups in total. The highest BCUT2D eigenvalue weighted by molar-refractivity contribution is 5.85. The molecule has 0 bridgehead atoms. The first-order valence-corrected chi connectivity index (χ1v) is 11.8. The Labute approximate surface area is 196 Å². The normalized spacial score (nSPS) is 20.8. The van der Waals surface area contributed by atoms with E-state index in [1.54, 1.807) is 24.3 Å². The molecular weight excluding hydrogens is 412 g/mol. The van der Waals surface area contributed by atoms with Crippen molar-refractivity contribution in [3.63, 3.8) is 0 Å². The molecule has 5 nitrogen and oxygen atoms in total. The number of aliphatic hydroxyl groups is 1. The SMILES string of the molecule is C[N+]1(CCCc2ccncc2)CCC(OC(=O)C(O)(c2ccccc2)c2ccccc2)CC1. The molecule has 0 saturated carbocycles. The van der Waals surface area contributed by atoms with Crippen molar-refractivity contribution in [2.45, 2.75) is 37.4 Å². The van der Waals surface area contributed by atoms with Crippen LogP contribution in [0.3, 0.4) is 0 Å². The number of ether oxygens (including phenoxy) is 1. The van der Waals surface area contributed by atoms with Crippen LogP contribution in [-0.4, -0.2) is 53.3 Å². The first-order valence-electron chi connectivity index (χ1n) is 11.8. The molecule has 0 spiro atoms. The molecule has 0 atom stereocenters. The Morgan fingerprint density at radius 1 is 0.970 bits per heavy atom. The van der Waals surface area contributed by atoms with Crippen LogP contribution in [0.15, 0.2) is 85.2 Å². The highest BCUT2D eigenvalue weighted by Crippen LogP contribution is 2.32.